The fourth-order valence-corrected chi connectivity index (χ4v) is 2.58. The van der Waals surface area contributed by atoms with Crippen LogP contribution < -0.4 is 10.5 Å². The van der Waals surface area contributed by atoms with E-state index in [1.165, 1.54) is 11.8 Å². The molecule has 5 heteroatoms. The summed E-state index contributed by atoms with van der Waals surface area (Å²) in [6.07, 6.45) is 3.44. The van der Waals surface area contributed by atoms with Crippen LogP contribution in [0.25, 0.3) is 0 Å². The zero-order valence-electron chi connectivity index (χ0n) is 12.6. The molecule has 1 atom stereocenters. The van der Waals surface area contributed by atoms with E-state index in [2.05, 4.69) is 13.0 Å². The Kier molecular flexibility index (Phi) is 6.49. The van der Waals surface area contributed by atoms with Gasteiger partial charge in [0, 0.05) is 12.3 Å². The Hall–Kier alpha value is -1.07. The predicted octanol–water partition coefficient (Wildman–Crippen LogP) is 2.09. The van der Waals surface area contributed by atoms with Gasteiger partial charge in [-0.05, 0) is 37.8 Å². The van der Waals surface area contributed by atoms with E-state index in [1.54, 1.807) is 0 Å². The van der Waals surface area contributed by atoms with Gasteiger partial charge in [0.1, 0.15) is 15.6 Å². The molecule has 1 aromatic carbocycles. The van der Waals surface area contributed by atoms with Gasteiger partial charge in [0.25, 0.3) is 0 Å². The molecule has 0 saturated carbocycles. The topological polar surface area (TPSA) is 69.4 Å². The van der Waals surface area contributed by atoms with Crippen LogP contribution in [0.4, 0.5) is 0 Å². The molecule has 0 radical (unpaired) electrons. The molecule has 0 aliphatic rings. The average Bonchev–Trinajstić information content (AvgIpc) is 2.35. The van der Waals surface area contributed by atoms with E-state index >= 15 is 0 Å². The van der Waals surface area contributed by atoms with Crippen molar-refractivity contribution in [1.82, 2.24) is 0 Å². The highest BCUT2D eigenvalue weighted by Gasteiger charge is 2.09. The normalized spacial score (nSPS) is 13.2. The highest BCUT2D eigenvalue weighted by molar-refractivity contribution is 7.90. The summed E-state index contributed by atoms with van der Waals surface area (Å²) in [5, 5.41) is 0. The third-order valence-corrected chi connectivity index (χ3v) is 4.17. The molecular formula is C15H25NO3S. The van der Waals surface area contributed by atoms with Crippen molar-refractivity contribution in [1.29, 1.82) is 0 Å². The van der Waals surface area contributed by atoms with Crippen molar-refractivity contribution in [3.05, 3.63) is 29.3 Å². The fraction of sp³-hybridized carbons (Fsp3) is 0.600. The number of ether oxygens (including phenoxy) is 1. The minimum absolute atomic E-state index is 0.121. The molecule has 0 bridgehead atoms. The molecular weight excluding hydrogens is 274 g/mol. The number of aryl methyl sites for hydroxylation is 1. The van der Waals surface area contributed by atoms with Gasteiger partial charge in [0.2, 0.25) is 0 Å². The van der Waals surface area contributed by atoms with Crippen LogP contribution in [0.1, 0.15) is 30.9 Å². The van der Waals surface area contributed by atoms with Crippen molar-refractivity contribution in [3.63, 3.8) is 0 Å². The lowest BCUT2D eigenvalue weighted by Crippen LogP contribution is -2.22. The number of rotatable bonds is 8. The van der Waals surface area contributed by atoms with Crippen molar-refractivity contribution < 1.29 is 13.2 Å². The van der Waals surface area contributed by atoms with Crippen molar-refractivity contribution in [2.24, 2.45) is 5.73 Å². The third kappa shape index (κ3) is 6.39. The van der Waals surface area contributed by atoms with E-state index < -0.39 is 9.84 Å². The van der Waals surface area contributed by atoms with Gasteiger partial charge in [-0.2, -0.15) is 0 Å². The molecule has 20 heavy (non-hydrogen) atoms. The summed E-state index contributed by atoms with van der Waals surface area (Å²) in [6.45, 7) is 4.51. The Balaban J connectivity index is 2.64. The summed E-state index contributed by atoms with van der Waals surface area (Å²) in [4.78, 5) is 0. The zero-order valence-corrected chi connectivity index (χ0v) is 13.4. The molecule has 0 heterocycles. The first-order chi connectivity index (χ1) is 9.31. The van der Waals surface area contributed by atoms with E-state index in [1.807, 2.05) is 19.1 Å². The first-order valence-electron chi connectivity index (χ1n) is 6.97. The molecule has 1 unspecified atom stereocenters. The van der Waals surface area contributed by atoms with E-state index in [9.17, 15) is 8.42 Å². The molecule has 0 aliphatic carbocycles. The summed E-state index contributed by atoms with van der Waals surface area (Å²) < 4.78 is 27.8. The zero-order chi connectivity index (χ0) is 15.2. The molecule has 1 aromatic rings. The van der Waals surface area contributed by atoms with Crippen LogP contribution >= 0.6 is 0 Å². The van der Waals surface area contributed by atoms with Crippen LogP contribution in [-0.2, 0) is 16.3 Å². The molecule has 0 aromatic heterocycles. The van der Waals surface area contributed by atoms with Gasteiger partial charge < -0.3 is 10.5 Å². The summed E-state index contributed by atoms with van der Waals surface area (Å²) in [7, 11) is -2.92. The summed E-state index contributed by atoms with van der Waals surface area (Å²) in [6, 6.07) is 6.14. The number of nitrogens with two attached hydrogens (primary N) is 1. The minimum atomic E-state index is -2.92. The summed E-state index contributed by atoms with van der Waals surface area (Å²) in [5.74, 6) is 0.968. The Labute approximate surface area is 122 Å². The van der Waals surface area contributed by atoms with Crippen molar-refractivity contribution in [2.45, 2.75) is 39.2 Å². The van der Waals surface area contributed by atoms with Crippen molar-refractivity contribution in [3.8, 4) is 5.75 Å². The second-order valence-corrected chi connectivity index (χ2v) is 7.58. The van der Waals surface area contributed by atoms with E-state index in [0.29, 0.717) is 13.0 Å². The standard InChI is InChI=1S/C15H25NO3S/c1-4-14(16)11-13-10-12(2)6-7-15(13)19-8-5-9-20(3,17)18/h6-7,10,14H,4-5,8-9,11,16H2,1-3H3. The van der Waals surface area contributed by atoms with Crippen LogP contribution in [0.2, 0.25) is 0 Å². The monoisotopic (exact) mass is 299 g/mol. The van der Waals surface area contributed by atoms with Gasteiger partial charge in [0.15, 0.2) is 0 Å². The first-order valence-corrected chi connectivity index (χ1v) is 9.03. The second-order valence-electron chi connectivity index (χ2n) is 5.32. The van der Waals surface area contributed by atoms with Gasteiger partial charge in [-0.1, -0.05) is 24.6 Å². The van der Waals surface area contributed by atoms with Crippen LogP contribution in [0.3, 0.4) is 0 Å². The maximum absolute atomic E-state index is 11.1. The molecule has 4 nitrogen and oxygen atoms in total. The number of benzene rings is 1. The fourth-order valence-electron chi connectivity index (χ4n) is 1.94. The van der Waals surface area contributed by atoms with Gasteiger partial charge in [0.05, 0.1) is 12.4 Å². The molecule has 1 rings (SSSR count). The highest BCUT2D eigenvalue weighted by atomic mass is 32.2. The highest BCUT2D eigenvalue weighted by Crippen LogP contribution is 2.22. The Morgan fingerprint density at radius 1 is 1.35 bits per heavy atom. The maximum atomic E-state index is 11.1. The van der Waals surface area contributed by atoms with E-state index in [0.717, 1.165) is 24.2 Å². The third-order valence-electron chi connectivity index (χ3n) is 3.14. The van der Waals surface area contributed by atoms with Crippen LogP contribution in [-0.4, -0.2) is 33.1 Å². The van der Waals surface area contributed by atoms with Crippen LogP contribution in [0, 0.1) is 6.92 Å². The Morgan fingerprint density at radius 3 is 2.65 bits per heavy atom. The van der Waals surface area contributed by atoms with E-state index in [4.69, 9.17) is 10.5 Å². The number of sulfone groups is 1. The Morgan fingerprint density at radius 2 is 2.05 bits per heavy atom. The van der Waals surface area contributed by atoms with Gasteiger partial charge >= 0.3 is 0 Å². The lowest BCUT2D eigenvalue weighted by molar-refractivity contribution is 0.313. The van der Waals surface area contributed by atoms with Gasteiger partial charge in [-0.25, -0.2) is 8.42 Å². The SMILES string of the molecule is CCC(N)Cc1cc(C)ccc1OCCCS(C)(=O)=O. The lowest BCUT2D eigenvalue weighted by Gasteiger charge is -2.15. The lowest BCUT2D eigenvalue weighted by atomic mass is 10.0. The van der Waals surface area contributed by atoms with Crippen molar-refractivity contribution in [2.75, 3.05) is 18.6 Å². The van der Waals surface area contributed by atoms with E-state index in [-0.39, 0.29) is 11.8 Å². The number of hydrogen-bond acceptors (Lipinski definition) is 4. The maximum Gasteiger partial charge on any atom is 0.147 e. The first kappa shape index (κ1) is 17.0. The molecule has 0 amide bonds. The number of hydrogen-bond donors (Lipinski definition) is 1. The molecule has 2 N–H and O–H groups in total. The second kappa shape index (κ2) is 7.64. The van der Waals surface area contributed by atoms with Crippen LogP contribution in [0.5, 0.6) is 5.75 Å². The quantitative estimate of drug-likeness (QED) is 0.746. The average molecular weight is 299 g/mol. The smallest absolute Gasteiger partial charge is 0.147 e. The largest absolute Gasteiger partial charge is 0.493 e. The molecule has 0 aliphatic heterocycles. The van der Waals surface area contributed by atoms with Gasteiger partial charge in [-0.3, -0.25) is 0 Å². The molecule has 114 valence electrons. The predicted molar refractivity (Wildman–Crippen MR) is 83.0 cm³/mol. The van der Waals surface area contributed by atoms with Crippen LogP contribution in [0.15, 0.2) is 18.2 Å². The summed E-state index contributed by atoms with van der Waals surface area (Å²) >= 11 is 0. The Bertz CT molecular complexity index is 526. The molecule has 0 saturated heterocycles. The molecule has 0 fully saturated rings. The summed E-state index contributed by atoms with van der Waals surface area (Å²) in [5.41, 5.74) is 8.27. The van der Waals surface area contributed by atoms with Gasteiger partial charge in [-0.15, -0.1) is 0 Å². The van der Waals surface area contributed by atoms with Crippen molar-refractivity contribution >= 4 is 9.84 Å². The molecule has 0 spiro atoms. The minimum Gasteiger partial charge on any atom is -0.493 e.